The maximum Gasteiger partial charge on any atom is 0.278 e. The molecule has 1 amide bonds. The van der Waals surface area contributed by atoms with Gasteiger partial charge in [0.15, 0.2) is 5.01 Å². The number of nitrogens with one attached hydrogen (secondary N) is 1. The van der Waals surface area contributed by atoms with Crippen LogP contribution in [0.4, 0.5) is 5.13 Å². The Labute approximate surface area is 156 Å². The fourth-order valence-corrected chi connectivity index (χ4v) is 3.19. The van der Waals surface area contributed by atoms with Crippen molar-refractivity contribution in [3.63, 3.8) is 0 Å². The van der Waals surface area contributed by atoms with E-state index in [4.69, 9.17) is 0 Å². The zero-order chi connectivity index (χ0) is 18.8. The minimum absolute atomic E-state index is 0.326. The van der Waals surface area contributed by atoms with Gasteiger partial charge in [0.05, 0.1) is 5.39 Å². The van der Waals surface area contributed by atoms with E-state index in [-0.39, 0.29) is 5.56 Å². The lowest BCUT2D eigenvalue weighted by Gasteiger charge is -2.12. The van der Waals surface area contributed by atoms with E-state index >= 15 is 0 Å². The molecule has 0 saturated heterocycles. The highest BCUT2D eigenvalue weighted by atomic mass is 32.1. The summed E-state index contributed by atoms with van der Waals surface area (Å²) in [5, 5.41) is 19.9. The summed E-state index contributed by atoms with van der Waals surface area (Å²) in [6.07, 6.45) is 3.33. The van der Waals surface area contributed by atoms with Crippen LogP contribution in [-0.2, 0) is 4.79 Å². The fraction of sp³-hybridized carbons (Fsp3) is 0.118. The lowest BCUT2D eigenvalue weighted by Crippen LogP contribution is -2.34. The van der Waals surface area contributed by atoms with E-state index in [1.807, 2.05) is 6.07 Å². The molecule has 0 saturated carbocycles. The molecule has 0 radical (unpaired) electrons. The molecule has 1 aromatic carbocycles. The van der Waals surface area contributed by atoms with Crippen LogP contribution < -0.4 is 10.9 Å². The third-order valence-electron chi connectivity index (χ3n) is 3.90. The Kier molecular flexibility index (Phi) is 4.38. The first-order chi connectivity index (χ1) is 13.1. The summed E-state index contributed by atoms with van der Waals surface area (Å²) in [4.78, 5) is 29.1. The van der Waals surface area contributed by atoms with E-state index in [0.717, 1.165) is 10.2 Å². The number of hydrogen-bond donors (Lipinski definition) is 1. The quantitative estimate of drug-likeness (QED) is 0.576. The first-order valence-electron chi connectivity index (χ1n) is 8.02. The van der Waals surface area contributed by atoms with E-state index in [0.29, 0.717) is 21.0 Å². The molecular formula is C17H13N7O2S. The molecule has 0 bridgehead atoms. The van der Waals surface area contributed by atoms with Crippen LogP contribution >= 0.6 is 11.3 Å². The van der Waals surface area contributed by atoms with Crippen molar-refractivity contribution >= 4 is 33.3 Å². The minimum Gasteiger partial charge on any atom is -0.299 e. The van der Waals surface area contributed by atoms with Crippen molar-refractivity contribution in [1.82, 2.24) is 30.2 Å². The molecule has 0 aliphatic carbocycles. The van der Waals surface area contributed by atoms with Crippen molar-refractivity contribution in [2.24, 2.45) is 0 Å². The first-order valence-corrected chi connectivity index (χ1v) is 8.84. The zero-order valence-electron chi connectivity index (χ0n) is 14.1. The van der Waals surface area contributed by atoms with E-state index in [9.17, 15) is 9.59 Å². The molecule has 134 valence electrons. The molecule has 3 heterocycles. The predicted molar refractivity (Wildman–Crippen MR) is 100 cm³/mol. The monoisotopic (exact) mass is 379 g/mol. The number of nitrogens with zero attached hydrogens (tertiary/aromatic N) is 6. The maximum atomic E-state index is 12.6. The third-order valence-corrected chi connectivity index (χ3v) is 4.79. The van der Waals surface area contributed by atoms with E-state index < -0.39 is 11.9 Å². The summed E-state index contributed by atoms with van der Waals surface area (Å²) in [5.74, 6) is -0.435. The van der Waals surface area contributed by atoms with Gasteiger partial charge in [-0.05, 0) is 31.2 Å². The van der Waals surface area contributed by atoms with Crippen LogP contribution in [0.1, 0.15) is 13.0 Å². The molecule has 0 aliphatic rings. The second-order valence-electron chi connectivity index (χ2n) is 5.68. The first kappa shape index (κ1) is 16.9. The van der Waals surface area contributed by atoms with Crippen LogP contribution in [0.5, 0.6) is 0 Å². The molecule has 3 aromatic heterocycles. The molecule has 1 unspecified atom stereocenters. The summed E-state index contributed by atoms with van der Waals surface area (Å²) in [6, 6.07) is 9.64. The van der Waals surface area contributed by atoms with Gasteiger partial charge in [0.1, 0.15) is 11.6 Å². The number of amides is 1. The summed E-state index contributed by atoms with van der Waals surface area (Å²) in [7, 11) is 0. The van der Waals surface area contributed by atoms with Crippen LogP contribution in [0.3, 0.4) is 0 Å². The van der Waals surface area contributed by atoms with Gasteiger partial charge in [-0.25, -0.2) is 0 Å². The highest BCUT2D eigenvalue weighted by Gasteiger charge is 2.20. The number of pyridine rings is 1. The SMILES string of the molecule is CC(C(=O)Nc1nnc(-c2cccnc2)s1)n1nnc2ccccc2c1=O. The topological polar surface area (TPSA) is 116 Å². The Hall–Kier alpha value is -3.53. The maximum absolute atomic E-state index is 12.6. The molecule has 10 heteroatoms. The number of hydrogen-bond acceptors (Lipinski definition) is 8. The summed E-state index contributed by atoms with van der Waals surface area (Å²) >= 11 is 1.22. The lowest BCUT2D eigenvalue weighted by atomic mass is 10.2. The van der Waals surface area contributed by atoms with Crippen molar-refractivity contribution in [1.29, 1.82) is 0 Å². The van der Waals surface area contributed by atoms with E-state index in [1.54, 1.807) is 49.6 Å². The van der Waals surface area contributed by atoms with Gasteiger partial charge in [-0.15, -0.1) is 15.3 Å². The van der Waals surface area contributed by atoms with Crippen LogP contribution in [-0.4, -0.2) is 36.1 Å². The number of anilines is 1. The number of fused-ring (bicyclic) bond motifs is 1. The Morgan fingerprint density at radius 1 is 1.15 bits per heavy atom. The molecule has 0 aliphatic heterocycles. The number of rotatable bonds is 4. The Balaban J connectivity index is 1.56. The van der Waals surface area contributed by atoms with Crippen molar-refractivity contribution in [3.8, 4) is 10.6 Å². The molecule has 9 nitrogen and oxygen atoms in total. The normalized spacial score (nSPS) is 12.0. The molecular weight excluding hydrogens is 366 g/mol. The molecule has 1 N–H and O–H groups in total. The van der Waals surface area contributed by atoms with Crippen molar-refractivity contribution in [3.05, 3.63) is 59.1 Å². The highest BCUT2D eigenvalue weighted by molar-refractivity contribution is 7.18. The second kappa shape index (κ2) is 7.00. The number of aromatic nitrogens is 6. The van der Waals surface area contributed by atoms with Gasteiger partial charge in [-0.2, -0.15) is 4.68 Å². The molecule has 27 heavy (non-hydrogen) atoms. The average Bonchev–Trinajstić information content (AvgIpc) is 3.17. The Bertz CT molecular complexity index is 1170. The molecule has 0 spiro atoms. The summed E-state index contributed by atoms with van der Waals surface area (Å²) in [6.45, 7) is 1.57. The predicted octanol–water partition coefficient (Wildman–Crippen LogP) is 1.90. The molecule has 4 aromatic rings. The van der Waals surface area contributed by atoms with Crippen LogP contribution in [0.25, 0.3) is 21.5 Å². The van der Waals surface area contributed by atoms with Crippen LogP contribution in [0.15, 0.2) is 53.6 Å². The Morgan fingerprint density at radius 2 is 2.00 bits per heavy atom. The number of benzene rings is 1. The second-order valence-corrected chi connectivity index (χ2v) is 6.65. The van der Waals surface area contributed by atoms with Crippen molar-refractivity contribution < 1.29 is 4.79 Å². The largest absolute Gasteiger partial charge is 0.299 e. The van der Waals surface area contributed by atoms with Crippen molar-refractivity contribution in [2.45, 2.75) is 13.0 Å². The molecule has 4 rings (SSSR count). The third kappa shape index (κ3) is 3.29. The Morgan fingerprint density at radius 3 is 2.81 bits per heavy atom. The van der Waals surface area contributed by atoms with Crippen LogP contribution in [0.2, 0.25) is 0 Å². The van der Waals surface area contributed by atoms with Gasteiger partial charge < -0.3 is 0 Å². The van der Waals surface area contributed by atoms with Gasteiger partial charge in [0, 0.05) is 18.0 Å². The van der Waals surface area contributed by atoms with Gasteiger partial charge >= 0.3 is 0 Å². The van der Waals surface area contributed by atoms with E-state index in [1.165, 1.54) is 11.3 Å². The smallest absolute Gasteiger partial charge is 0.278 e. The molecule has 0 fully saturated rings. The minimum atomic E-state index is -0.861. The van der Waals surface area contributed by atoms with Gasteiger partial charge in [-0.3, -0.25) is 19.9 Å². The average molecular weight is 379 g/mol. The zero-order valence-corrected chi connectivity index (χ0v) is 14.9. The van der Waals surface area contributed by atoms with E-state index in [2.05, 4.69) is 30.8 Å². The van der Waals surface area contributed by atoms with Crippen LogP contribution in [0, 0.1) is 0 Å². The standard InChI is InChI=1S/C17H13N7O2S/c1-10(24-16(26)12-6-2-3-7-13(12)20-23-24)14(25)19-17-22-21-15(27-17)11-5-4-8-18-9-11/h2-10H,1H3,(H,19,22,25). The summed E-state index contributed by atoms with van der Waals surface area (Å²) in [5.41, 5.74) is 0.910. The number of carbonyl (C=O) groups excluding carboxylic acids is 1. The van der Waals surface area contributed by atoms with Gasteiger partial charge in [0.25, 0.3) is 11.5 Å². The number of carbonyl (C=O) groups is 1. The highest BCUT2D eigenvalue weighted by Crippen LogP contribution is 2.25. The molecule has 1 atom stereocenters. The van der Waals surface area contributed by atoms with Gasteiger partial charge in [0.2, 0.25) is 5.13 Å². The van der Waals surface area contributed by atoms with Crippen molar-refractivity contribution in [2.75, 3.05) is 5.32 Å². The fourth-order valence-electron chi connectivity index (χ4n) is 2.46. The summed E-state index contributed by atoms with van der Waals surface area (Å²) < 4.78 is 1.06. The van der Waals surface area contributed by atoms with Gasteiger partial charge in [-0.1, -0.05) is 28.7 Å². The lowest BCUT2D eigenvalue weighted by molar-refractivity contribution is -0.119.